The lowest BCUT2D eigenvalue weighted by Gasteiger charge is -2.10. The van der Waals surface area contributed by atoms with Crippen molar-refractivity contribution in [1.82, 2.24) is 0 Å². The number of aliphatic hydroxyl groups is 1. The van der Waals surface area contributed by atoms with Crippen LogP contribution < -0.4 is 0 Å². The highest BCUT2D eigenvalue weighted by molar-refractivity contribution is 4.58. The van der Waals surface area contributed by atoms with Crippen molar-refractivity contribution in [2.45, 2.75) is 161 Å². The van der Waals surface area contributed by atoms with Gasteiger partial charge in [0.15, 0.2) is 0 Å². The van der Waals surface area contributed by atoms with Gasteiger partial charge in [-0.2, -0.15) is 0 Å². The van der Waals surface area contributed by atoms with E-state index >= 15 is 0 Å². The summed E-state index contributed by atoms with van der Waals surface area (Å²) in [5.74, 6) is 0. The van der Waals surface area contributed by atoms with Gasteiger partial charge in [-0.3, -0.25) is 0 Å². The monoisotopic (exact) mass is 368 g/mol. The van der Waals surface area contributed by atoms with Gasteiger partial charge in [0.05, 0.1) is 6.10 Å². The molecule has 0 aliphatic carbocycles. The van der Waals surface area contributed by atoms with Crippen LogP contribution in [0.3, 0.4) is 0 Å². The summed E-state index contributed by atoms with van der Waals surface area (Å²) in [4.78, 5) is 0. The second-order valence-electron chi connectivity index (χ2n) is 8.60. The number of aliphatic hydroxyl groups excluding tert-OH is 1. The first-order valence-electron chi connectivity index (χ1n) is 12.5. The lowest BCUT2D eigenvalue weighted by Crippen LogP contribution is -2.05. The fourth-order valence-electron chi connectivity index (χ4n) is 3.88. The number of hydrogen-bond acceptors (Lipinski definition) is 1. The zero-order chi connectivity index (χ0) is 19.1. The number of hydrogen-bond donors (Lipinski definition) is 1. The summed E-state index contributed by atoms with van der Waals surface area (Å²) in [6.07, 6.45) is 29.7. The first-order chi connectivity index (χ1) is 12.8. The van der Waals surface area contributed by atoms with Gasteiger partial charge >= 0.3 is 0 Å². The fourth-order valence-corrected chi connectivity index (χ4v) is 3.88. The molecule has 0 rings (SSSR count). The molecule has 0 fully saturated rings. The normalized spacial score (nSPS) is 12.6. The van der Waals surface area contributed by atoms with E-state index < -0.39 is 0 Å². The lowest BCUT2D eigenvalue weighted by atomic mass is 10.0. The van der Waals surface area contributed by atoms with Crippen molar-refractivity contribution in [2.24, 2.45) is 0 Å². The number of unbranched alkanes of at least 4 members (excludes halogenated alkanes) is 18. The van der Waals surface area contributed by atoms with E-state index in [1.54, 1.807) is 0 Å². The van der Waals surface area contributed by atoms with Gasteiger partial charge in [0, 0.05) is 0 Å². The summed E-state index contributed by atoms with van der Waals surface area (Å²) in [5.41, 5.74) is 0. The molecule has 0 radical (unpaired) electrons. The Balaban J connectivity index is 3.11. The summed E-state index contributed by atoms with van der Waals surface area (Å²) in [7, 11) is 0. The molecule has 0 saturated heterocycles. The molecule has 0 spiro atoms. The summed E-state index contributed by atoms with van der Waals surface area (Å²) >= 11 is 0. The van der Waals surface area contributed by atoms with Crippen LogP contribution in [0.1, 0.15) is 155 Å². The minimum atomic E-state index is -0.0294. The van der Waals surface area contributed by atoms with Crippen molar-refractivity contribution in [2.75, 3.05) is 0 Å². The average molecular weight is 369 g/mol. The third-order valence-electron chi connectivity index (χ3n) is 5.78. The van der Waals surface area contributed by atoms with Crippen molar-refractivity contribution >= 4 is 0 Å². The first kappa shape index (κ1) is 26.0. The third kappa shape index (κ3) is 22.0. The molecular weight excluding hydrogens is 316 g/mol. The molecule has 0 amide bonds. The lowest BCUT2D eigenvalue weighted by molar-refractivity contribution is 0.147. The van der Waals surface area contributed by atoms with Crippen LogP contribution in [0.15, 0.2) is 0 Å². The predicted octanol–water partition coefficient (Wildman–Crippen LogP) is 8.97. The summed E-state index contributed by atoms with van der Waals surface area (Å²) in [6.45, 7) is 4.56. The van der Waals surface area contributed by atoms with Crippen molar-refractivity contribution < 1.29 is 5.11 Å². The molecule has 1 nitrogen and oxygen atoms in total. The van der Waals surface area contributed by atoms with Crippen molar-refractivity contribution in [3.8, 4) is 0 Å². The molecule has 0 aromatic carbocycles. The Labute approximate surface area is 166 Å². The second kappa shape index (κ2) is 23.0. The fraction of sp³-hybridized carbons (Fsp3) is 1.00. The molecule has 1 N–H and O–H groups in total. The third-order valence-corrected chi connectivity index (χ3v) is 5.78. The largest absolute Gasteiger partial charge is 0.393 e. The van der Waals surface area contributed by atoms with Gasteiger partial charge in [0.2, 0.25) is 0 Å². The maximum atomic E-state index is 10.1. The molecule has 26 heavy (non-hydrogen) atoms. The second-order valence-corrected chi connectivity index (χ2v) is 8.60. The minimum Gasteiger partial charge on any atom is -0.393 e. The highest BCUT2D eigenvalue weighted by atomic mass is 16.3. The molecule has 1 heteroatoms. The molecule has 158 valence electrons. The summed E-state index contributed by atoms with van der Waals surface area (Å²) in [6, 6.07) is 0. The van der Waals surface area contributed by atoms with Crippen LogP contribution in [0, 0.1) is 0 Å². The van der Waals surface area contributed by atoms with Gasteiger partial charge in [-0.1, -0.05) is 142 Å². The molecule has 0 aromatic rings. The molecule has 0 aliphatic rings. The summed E-state index contributed by atoms with van der Waals surface area (Å²) < 4.78 is 0. The van der Waals surface area contributed by atoms with E-state index in [2.05, 4.69) is 13.8 Å². The Morgan fingerprint density at radius 1 is 0.385 bits per heavy atom. The van der Waals surface area contributed by atoms with E-state index in [9.17, 15) is 5.11 Å². The molecule has 1 atom stereocenters. The van der Waals surface area contributed by atoms with Crippen LogP contribution in [-0.2, 0) is 0 Å². The van der Waals surface area contributed by atoms with Crippen LogP contribution >= 0.6 is 0 Å². The van der Waals surface area contributed by atoms with E-state index in [4.69, 9.17) is 0 Å². The van der Waals surface area contributed by atoms with Crippen LogP contribution in [0.25, 0.3) is 0 Å². The quantitative estimate of drug-likeness (QED) is 0.189. The van der Waals surface area contributed by atoms with Crippen molar-refractivity contribution in [3.63, 3.8) is 0 Å². The predicted molar refractivity (Wildman–Crippen MR) is 119 cm³/mol. The Bertz CT molecular complexity index is 238. The van der Waals surface area contributed by atoms with Crippen molar-refractivity contribution in [3.05, 3.63) is 0 Å². The zero-order valence-electron chi connectivity index (χ0n) is 18.6. The Kier molecular flexibility index (Phi) is 23.0. The first-order valence-corrected chi connectivity index (χ1v) is 12.5. The Hall–Kier alpha value is -0.0400. The van der Waals surface area contributed by atoms with Gasteiger partial charge in [0.25, 0.3) is 0 Å². The Morgan fingerprint density at radius 2 is 0.615 bits per heavy atom. The van der Waals surface area contributed by atoms with E-state index in [1.807, 2.05) is 0 Å². The van der Waals surface area contributed by atoms with E-state index in [1.165, 1.54) is 128 Å². The van der Waals surface area contributed by atoms with Gasteiger partial charge in [0.1, 0.15) is 0 Å². The smallest absolute Gasteiger partial charge is 0.0540 e. The van der Waals surface area contributed by atoms with Crippen molar-refractivity contribution in [1.29, 1.82) is 0 Å². The van der Waals surface area contributed by atoms with Crippen LogP contribution in [0.2, 0.25) is 0 Å². The molecule has 0 heterocycles. The standard InChI is InChI=1S/C25H52O/c1-3-5-7-9-11-13-14-15-16-18-20-22-24-25(26)23-21-19-17-12-10-8-6-4-2/h25-26H,3-24H2,1-2H3. The average Bonchev–Trinajstić information content (AvgIpc) is 2.65. The van der Waals surface area contributed by atoms with Gasteiger partial charge in [-0.25, -0.2) is 0 Å². The molecule has 0 aliphatic heterocycles. The highest BCUT2D eigenvalue weighted by Gasteiger charge is 2.03. The van der Waals surface area contributed by atoms with Gasteiger partial charge in [-0.05, 0) is 12.8 Å². The van der Waals surface area contributed by atoms with Crippen LogP contribution in [0.5, 0.6) is 0 Å². The molecular formula is C25H52O. The highest BCUT2D eigenvalue weighted by Crippen LogP contribution is 2.15. The van der Waals surface area contributed by atoms with Crippen LogP contribution in [0.4, 0.5) is 0 Å². The maximum Gasteiger partial charge on any atom is 0.0540 e. The summed E-state index contributed by atoms with van der Waals surface area (Å²) in [5, 5.41) is 10.1. The van der Waals surface area contributed by atoms with E-state index in [0.29, 0.717) is 0 Å². The SMILES string of the molecule is CCCCCCCCCCCCCCC(O)CCCCCCCCCC. The minimum absolute atomic E-state index is 0.0294. The zero-order valence-corrected chi connectivity index (χ0v) is 18.6. The maximum absolute atomic E-state index is 10.1. The van der Waals surface area contributed by atoms with E-state index in [-0.39, 0.29) is 6.10 Å². The van der Waals surface area contributed by atoms with Crippen LogP contribution in [-0.4, -0.2) is 11.2 Å². The Morgan fingerprint density at radius 3 is 0.885 bits per heavy atom. The van der Waals surface area contributed by atoms with Gasteiger partial charge < -0.3 is 5.11 Å². The molecule has 0 saturated carbocycles. The molecule has 1 unspecified atom stereocenters. The molecule has 0 aromatic heterocycles. The topological polar surface area (TPSA) is 20.2 Å². The number of rotatable bonds is 22. The van der Waals surface area contributed by atoms with E-state index in [0.717, 1.165) is 12.8 Å². The molecule has 0 bridgehead atoms. The van der Waals surface area contributed by atoms with Gasteiger partial charge in [-0.15, -0.1) is 0 Å².